The Balaban J connectivity index is 1.78. The largest absolute Gasteiger partial charge is 0.490 e. The van der Waals surface area contributed by atoms with Crippen molar-refractivity contribution >= 4 is 5.95 Å². The van der Waals surface area contributed by atoms with Crippen LogP contribution in [0.3, 0.4) is 0 Å². The van der Waals surface area contributed by atoms with Crippen LogP contribution in [-0.4, -0.2) is 26.8 Å². The third-order valence-corrected chi connectivity index (χ3v) is 3.64. The van der Waals surface area contributed by atoms with Crippen molar-refractivity contribution < 1.29 is 9.47 Å². The van der Waals surface area contributed by atoms with Gasteiger partial charge in [-0.05, 0) is 29.0 Å². The number of rotatable bonds is 8. The Labute approximate surface area is 146 Å². The number of nitrogens with one attached hydrogen (secondary N) is 1. The van der Waals surface area contributed by atoms with E-state index in [4.69, 9.17) is 9.47 Å². The fourth-order valence-electron chi connectivity index (χ4n) is 2.42. The van der Waals surface area contributed by atoms with Crippen molar-refractivity contribution in [2.24, 2.45) is 7.05 Å². The van der Waals surface area contributed by atoms with Crippen LogP contribution in [0.5, 0.6) is 11.5 Å². The van der Waals surface area contributed by atoms with Gasteiger partial charge >= 0.3 is 0 Å². The molecule has 0 fully saturated rings. The second-order valence-corrected chi connectivity index (χ2v) is 5.43. The third kappa shape index (κ3) is 4.26. The predicted molar refractivity (Wildman–Crippen MR) is 94.5 cm³/mol. The maximum atomic E-state index is 6.08. The highest BCUT2D eigenvalue weighted by Crippen LogP contribution is 2.32. The summed E-state index contributed by atoms with van der Waals surface area (Å²) in [4.78, 5) is 0. The Hall–Kier alpha value is -3.09. The van der Waals surface area contributed by atoms with Crippen molar-refractivity contribution in [2.45, 2.75) is 20.1 Å². The number of hydrogen-bond acceptors (Lipinski definition) is 6. The first-order valence-electron chi connectivity index (χ1n) is 8.15. The molecule has 0 aliphatic heterocycles. The van der Waals surface area contributed by atoms with E-state index in [1.165, 1.54) is 0 Å². The molecule has 0 unspecified atom stereocenters. The van der Waals surface area contributed by atoms with Crippen molar-refractivity contribution in [2.75, 3.05) is 11.9 Å². The molecule has 0 aliphatic carbocycles. The zero-order valence-electron chi connectivity index (χ0n) is 14.3. The van der Waals surface area contributed by atoms with Gasteiger partial charge in [0.05, 0.1) is 6.61 Å². The summed E-state index contributed by atoms with van der Waals surface area (Å²) in [6.07, 6.45) is 0. The number of benzene rings is 2. The number of tetrazole rings is 1. The highest BCUT2D eigenvalue weighted by molar-refractivity contribution is 5.48. The van der Waals surface area contributed by atoms with Crippen molar-refractivity contribution in [1.82, 2.24) is 20.2 Å². The number of ether oxygens (including phenoxy) is 2. The fraction of sp³-hybridized carbons (Fsp3) is 0.278. The van der Waals surface area contributed by atoms with Gasteiger partial charge in [-0.3, -0.25) is 0 Å². The molecule has 1 heterocycles. The molecule has 3 aromatic rings. The monoisotopic (exact) mass is 339 g/mol. The topological polar surface area (TPSA) is 74.1 Å². The van der Waals surface area contributed by atoms with Gasteiger partial charge in [0.1, 0.15) is 6.61 Å². The molecule has 0 spiro atoms. The maximum Gasteiger partial charge on any atom is 0.242 e. The van der Waals surface area contributed by atoms with Crippen LogP contribution in [0.15, 0.2) is 48.5 Å². The van der Waals surface area contributed by atoms with E-state index in [0.29, 0.717) is 25.7 Å². The van der Waals surface area contributed by atoms with E-state index in [2.05, 4.69) is 20.8 Å². The lowest BCUT2D eigenvalue weighted by Gasteiger charge is -2.16. The lowest BCUT2D eigenvalue weighted by molar-refractivity contribution is 0.267. The Morgan fingerprint density at radius 3 is 2.60 bits per heavy atom. The van der Waals surface area contributed by atoms with Gasteiger partial charge < -0.3 is 14.8 Å². The lowest BCUT2D eigenvalue weighted by atomic mass is 10.1. The molecule has 130 valence electrons. The van der Waals surface area contributed by atoms with Gasteiger partial charge in [0.2, 0.25) is 5.95 Å². The molecule has 7 heteroatoms. The van der Waals surface area contributed by atoms with E-state index in [1.807, 2.05) is 55.5 Å². The molecule has 1 aromatic heterocycles. The van der Waals surface area contributed by atoms with E-state index < -0.39 is 0 Å². The fourth-order valence-corrected chi connectivity index (χ4v) is 2.42. The normalized spacial score (nSPS) is 10.5. The minimum Gasteiger partial charge on any atom is -0.490 e. The molecule has 0 saturated heterocycles. The quantitative estimate of drug-likeness (QED) is 0.680. The zero-order chi connectivity index (χ0) is 17.5. The van der Waals surface area contributed by atoms with Crippen LogP contribution in [0.2, 0.25) is 0 Å². The second-order valence-electron chi connectivity index (χ2n) is 5.43. The van der Waals surface area contributed by atoms with E-state index in [9.17, 15) is 0 Å². The van der Waals surface area contributed by atoms with Crippen LogP contribution in [0.1, 0.15) is 18.1 Å². The van der Waals surface area contributed by atoms with Crippen molar-refractivity contribution in [3.05, 3.63) is 59.7 Å². The first kappa shape index (κ1) is 16.8. The average Bonchev–Trinajstić information content (AvgIpc) is 3.05. The standard InChI is InChI=1S/C18H21N5O2/c1-3-24-16-11-7-10-15(12-19-18-20-21-22-23(18)2)17(16)25-13-14-8-5-4-6-9-14/h4-11H,3,12-13H2,1-2H3,(H,19,20,22). The summed E-state index contributed by atoms with van der Waals surface area (Å²) in [5.41, 5.74) is 2.08. The van der Waals surface area contributed by atoms with Crippen LogP contribution < -0.4 is 14.8 Å². The molecule has 0 amide bonds. The summed E-state index contributed by atoms with van der Waals surface area (Å²) in [6, 6.07) is 15.9. The van der Waals surface area contributed by atoms with Gasteiger partial charge in [0.25, 0.3) is 0 Å². The predicted octanol–water partition coefficient (Wildman–Crippen LogP) is 2.80. The second kappa shape index (κ2) is 8.14. The molecule has 0 bridgehead atoms. The van der Waals surface area contributed by atoms with E-state index in [-0.39, 0.29) is 0 Å². The summed E-state index contributed by atoms with van der Waals surface area (Å²) < 4.78 is 13.4. The molecular formula is C18H21N5O2. The molecule has 0 saturated carbocycles. The van der Waals surface area contributed by atoms with Gasteiger partial charge in [-0.1, -0.05) is 47.6 Å². The number of para-hydroxylation sites is 1. The Bertz CT molecular complexity index is 804. The van der Waals surface area contributed by atoms with Crippen LogP contribution in [0.4, 0.5) is 5.95 Å². The van der Waals surface area contributed by atoms with Gasteiger partial charge in [0, 0.05) is 19.2 Å². The molecule has 0 aliphatic rings. The average molecular weight is 339 g/mol. The number of nitrogens with zero attached hydrogens (tertiary/aromatic N) is 4. The molecular weight excluding hydrogens is 318 g/mol. The summed E-state index contributed by atoms with van der Waals surface area (Å²) in [6.45, 7) is 3.53. The Morgan fingerprint density at radius 2 is 1.88 bits per heavy atom. The highest BCUT2D eigenvalue weighted by atomic mass is 16.5. The van der Waals surface area contributed by atoms with Gasteiger partial charge in [-0.2, -0.15) is 0 Å². The van der Waals surface area contributed by atoms with Gasteiger partial charge in [0.15, 0.2) is 11.5 Å². The van der Waals surface area contributed by atoms with E-state index >= 15 is 0 Å². The van der Waals surface area contributed by atoms with Crippen LogP contribution in [0, 0.1) is 0 Å². The maximum absolute atomic E-state index is 6.08. The molecule has 1 N–H and O–H groups in total. The first-order chi connectivity index (χ1) is 12.3. The minimum absolute atomic E-state index is 0.476. The zero-order valence-corrected chi connectivity index (χ0v) is 14.3. The summed E-state index contributed by atoms with van der Waals surface area (Å²) >= 11 is 0. The molecule has 3 rings (SSSR count). The molecule has 2 aromatic carbocycles. The third-order valence-electron chi connectivity index (χ3n) is 3.64. The van der Waals surface area contributed by atoms with Crippen molar-refractivity contribution in [3.63, 3.8) is 0 Å². The number of aromatic nitrogens is 4. The SMILES string of the molecule is CCOc1cccc(CNc2nnnn2C)c1OCc1ccccc1. The molecule has 7 nitrogen and oxygen atoms in total. The van der Waals surface area contributed by atoms with Crippen LogP contribution >= 0.6 is 0 Å². The van der Waals surface area contributed by atoms with Gasteiger partial charge in [-0.25, -0.2) is 4.68 Å². The lowest BCUT2D eigenvalue weighted by Crippen LogP contribution is -2.08. The summed E-state index contributed by atoms with van der Waals surface area (Å²) in [7, 11) is 1.78. The molecule has 0 radical (unpaired) electrons. The van der Waals surface area contributed by atoms with E-state index in [1.54, 1.807) is 11.7 Å². The van der Waals surface area contributed by atoms with Crippen molar-refractivity contribution in [1.29, 1.82) is 0 Å². The number of anilines is 1. The van der Waals surface area contributed by atoms with E-state index in [0.717, 1.165) is 22.6 Å². The smallest absolute Gasteiger partial charge is 0.242 e. The van der Waals surface area contributed by atoms with Crippen LogP contribution in [0.25, 0.3) is 0 Å². The summed E-state index contributed by atoms with van der Waals surface area (Å²) in [5, 5.41) is 14.6. The van der Waals surface area contributed by atoms with Crippen molar-refractivity contribution in [3.8, 4) is 11.5 Å². The molecule has 25 heavy (non-hydrogen) atoms. The molecule has 0 atom stereocenters. The number of hydrogen-bond donors (Lipinski definition) is 1. The minimum atomic E-state index is 0.476. The van der Waals surface area contributed by atoms with Crippen LogP contribution in [-0.2, 0) is 20.2 Å². The first-order valence-corrected chi connectivity index (χ1v) is 8.15. The number of aryl methyl sites for hydroxylation is 1. The Kier molecular flexibility index (Phi) is 5.46. The van der Waals surface area contributed by atoms with Gasteiger partial charge in [-0.15, -0.1) is 0 Å². The summed E-state index contributed by atoms with van der Waals surface area (Å²) in [5.74, 6) is 2.06. The Morgan fingerprint density at radius 1 is 1.04 bits per heavy atom. The highest BCUT2D eigenvalue weighted by Gasteiger charge is 2.12.